The Bertz CT molecular complexity index is 312. The first kappa shape index (κ1) is 9.85. The number of thiocarbonyl (C=S) groups is 1. The van der Waals surface area contributed by atoms with E-state index in [2.05, 4.69) is 34.5 Å². The molecule has 0 fully saturated rings. The number of aromatic nitrogens is 1. The van der Waals surface area contributed by atoms with E-state index in [0.29, 0.717) is 4.99 Å². The molecule has 1 rings (SSSR count). The fourth-order valence-electron chi connectivity index (χ4n) is 0.875. The molecule has 0 aromatic carbocycles. The van der Waals surface area contributed by atoms with E-state index < -0.39 is 0 Å². The molecule has 0 saturated heterocycles. The molecule has 1 heterocycles. The number of nitrogens with zero attached hydrogens (tertiary/aromatic N) is 1. The molecule has 0 aliphatic heterocycles. The van der Waals surface area contributed by atoms with E-state index >= 15 is 0 Å². The van der Waals surface area contributed by atoms with Gasteiger partial charge in [-0.25, -0.2) is 4.98 Å². The zero-order valence-electron chi connectivity index (χ0n) is 6.67. The highest BCUT2D eigenvalue weighted by Crippen LogP contribution is 2.08. The molecular formula is C8H9IN2S. The average Bonchev–Trinajstić information content (AvgIpc) is 2.03. The van der Waals surface area contributed by atoms with Crippen LogP contribution in [0.25, 0.3) is 0 Å². The van der Waals surface area contributed by atoms with Crippen LogP contribution in [-0.4, -0.2) is 9.97 Å². The minimum absolute atomic E-state index is 0.435. The maximum Gasteiger partial charge on any atom is 0.104 e. The van der Waals surface area contributed by atoms with Gasteiger partial charge in [-0.3, -0.25) is 0 Å². The Kier molecular flexibility index (Phi) is 3.39. The second kappa shape index (κ2) is 4.13. The number of hydrogen-bond donors (Lipinski definition) is 1. The molecule has 2 N–H and O–H groups in total. The molecule has 1 aromatic heterocycles. The van der Waals surface area contributed by atoms with Crippen molar-refractivity contribution in [1.82, 2.24) is 4.98 Å². The van der Waals surface area contributed by atoms with Crippen LogP contribution in [-0.2, 0) is 6.42 Å². The summed E-state index contributed by atoms with van der Waals surface area (Å²) < 4.78 is 0.940. The Labute approximate surface area is 90.7 Å². The van der Waals surface area contributed by atoms with Gasteiger partial charge in [0.15, 0.2) is 0 Å². The lowest BCUT2D eigenvalue weighted by atomic mass is 10.2. The first-order chi connectivity index (χ1) is 5.63. The highest BCUT2D eigenvalue weighted by Gasteiger charge is 2.00. The zero-order chi connectivity index (χ0) is 9.14. The lowest BCUT2D eigenvalue weighted by Gasteiger charge is -2.01. The molecule has 0 aliphatic rings. The molecule has 0 aliphatic carbocycles. The molecule has 0 amide bonds. The topological polar surface area (TPSA) is 38.9 Å². The Morgan fingerprint density at radius 1 is 1.67 bits per heavy atom. The first-order valence-corrected chi connectivity index (χ1v) is 5.08. The van der Waals surface area contributed by atoms with Gasteiger partial charge in [-0.15, -0.1) is 0 Å². The summed E-state index contributed by atoms with van der Waals surface area (Å²) in [4.78, 5) is 4.74. The van der Waals surface area contributed by atoms with Gasteiger partial charge in [-0.2, -0.15) is 0 Å². The lowest BCUT2D eigenvalue weighted by Crippen LogP contribution is -2.10. The molecular weight excluding hydrogens is 283 g/mol. The van der Waals surface area contributed by atoms with Crippen molar-refractivity contribution in [1.29, 1.82) is 0 Å². The Morgan fingerprint density at radius 3 is 2.83 bits per heavy atom. The molecule has 0 atom stereocenters. The second-order valence-electron chi connectivity index (χ2n) is 2.39. The number of halogens is 1. The number of hydrogen-bond acceptors (Lipinski definition) is 2. The highest BCUT2D eigenvalue weighted by molar-refractivity contribution is 14.1. The largest absolute Gasteiger partial charge is 0.389 e. The van der Waals surface area contributed by atoms with E-state index in [-0.39, 0.29) is 0 Å². The van der Waals surface area contributed by atoms with Gasteiger partial charge in [0, 0.05) is 11.3 Å². The van der Waals surface area contributed by atoms with Crippen molar-refractivity contribution >= 4 is 39.8 Å². The van der Waals surface area contributed by atoms with Crippen molar-refractivity contribution in [2.45, 2.75) is 13.3 Å². The summed E-state index contributed by atoms with van der Waals surface area (Å²) >= 11 is 7.04. The predicted molar refractivity (Wildman–Crippen MR) is 62.2 cm³/mol. The van der Waals surface area contributed by atoms with Crippen molar-refractivity contribution in [2.24, 2.45) is 5.73 Å². The molecule has 0 saturated carbocycles. The predicted octanol–water partition coefficient (Wildman–Crippen LogP) is 1.88. The Morgan fingerprint density at radius 2 is 2.33 bits per heavy atom. The fourth-order valence-corrected chi connectivity index (χ4v) is 1.64. The van der Waals surface area contributed by atoms with E-state index in [1.807, 2.05) is 12.1 Å². The van der Waals surface area contributed by atoms with Crippen molar-refractivity contribution in [3.63, 3.8) is 0 Å². The molecule has 0 radical (unpaired) electrons. The van der Waals surface area contributed by atoms with Crippen LogP contribution in [0.5, 0.6) is 0 Å². The van der Waals surface area contributed by atoms with Crippen molar-refractivity contribution in [2.75, 3.05) is 0 Å². The van der Waals surface area contributed by atoms with Gasteiger partial charge in [-0.05, 0) is 41.1 Å². The van der Waals surface area contributed by atoms with E-state index in [0.717, 1.165) is 21.4 Å². The maximum absolute atomic E-state index is 5.51. The third-order valence-electron chi connectivity index (χ3n) is 1.49. The minimum Gasteiger partial charge on any atom is -0.389 e. The molecule has 12 heavy (non-hydrogen) atoms. The average molecular weight is 292 g/mol. The van der Waals surface area contributed by atoms with Gasteiger partial charge in [0.1, 0.15) is 8.69 Å². The number of pyridine rings is 1. The number of rotatable bonds is 2. The maximum atomic E-state index is 5.51. The van der Waals surface area contributed by atoms with Crippen LogP contribution in [0.4, 0.5) is 0 Å². The number of nitrogens with two attached hydrogens (primary N) is 1. The van der Waals surface area contributed by atoms with Crippen LogP contribution in [0.1, 0.15) is 18.2 Å². The van der Waals surface area contributed by atoms with Crippen LogP contribution < -0.4 is 5.73 Å². The smallest absolute Gasteiger partial charge is 0.104 e. The summed E-state index contributed by atoms with van der Waals surface area (Å²) in [5, 5.41) is 0. The van der Waals surface area contributed by atoms with Gasteiger partial charge in [0.2, 0.25) is 0 Å². The molecule has 0 bridgehead atoms. The van der Waals surface area contributed by atoms with Crippen LogP contribution >= 0.6 is 34.8 Å². The minimum atomic E-state index is 0.435. The van der Waals surface area contributed by atoms with Crippen molar-refractivity contribution in [3.8, 4) is 0 Å². The summed E-state index contributed by atoms with van der Waals surface area (Å²) in [6, 6.07) is 3.83. The van der Waals surface area contributed by atoms with Gasteiger partial charge in [0.25, 0.3) is 0 Å². The van der Waals surface area contributed by atoms with Gasteiger partial charge >= 0.3 is 0 Å². The van der Waals surface area contributed by atoms with Crippen LogP contribution in [0.15, 0.2) is 12.1 Å². The van der Waals surface area contributed by atoms with Crippen molar-refractivity contribution < 1.29 is 0 Å². The summed E-state index contributed by atoms with van der Waals surface area (Å²) in [6.07, 6.45) is 0.909. The van der Waals surface area contributed by atoms with Crippen molar-refractivity contribution in [3.05, 3.63) is 27.1 Å². The second-order valence-corrected chi connectivity index (χ2v) is 3.93. The molecule has 0 unspecified atom stereocenters. The van der Waals surface area contributed by atoms with Gasteiger partial charge in [-0.1, -0.05) is 19.1 Å². The molecule has 4 heteroatoms. The summed E-state index contributed by atoms with van der Waals surface area (Å²) in [7, 11) is 0. The first-order valence-electron chi connectivity index (χ1n) is 3.59. The van der Waals surface area contributed by atoms with Gasteiger partial charge < -0.3 is 5.73 Å². The van der Waals surface area contributed by atoms with E-state index in [9.17, 15) is 0 Å². The van der Waals surface area contributed by atoms with Gasteiger partial charge in [0.05, 0.1) is 0 Å². The van der Waals surface area contributed by atoms with Crippen LogP contribution in [0.2, 0.25) is 0 Å². The molecule has 64 valence electrons. The fraction of sp³-hybridized carbons (Fsp3) is 0.250. The molecule has 1 aromatic rings. The Hall–Kier alpha value is -0.230. The Balaban J connectivity index is 3.15. The van der Waals surface area contributed by atoms with Crippen LogP contribution in [0, 0.1) is 3.70 Å². The normalized spacial score (nSPS) is 9.83. The zero-order valence-corrected chi connectivity index (χ0v) is 9.65. The molecule has 2 nitrogen and oxygen atoms in total. The molecule has 0 spiro atoms. The monoisotopic (exact) mass is 292 g/mol. The van der Waals surface area contributed by atoms with E-state index in [4.69, 9.17) is 18.0 Å². The van der Waals surface area contributed by atoms with E-state index in [1.54, 1.807) is 0 Å². The van der Waals surface area contributed by atoms with Crippen LogP contribution in [0.3, 0.4) is 0 Å². The quantitative estimate of drug-likeness (QED) is 0.514. The third-order valence-corrected chi connectivity index (χ3v) is 2.28. The SMILES string of the molecule is CCc1cc(C(N)=S)cc(I)n1. The summed E-state index contributed by atoms with van der Waals surface area (Å²) in [5.74, 6) is 0. The highest BCUT2D eigenvalue weighted by atomic mass is 127. The standard InChI is InChI=1S/C8H9IN2S/c1-2-6-3-5(8(10)12)4-7(9)11-6/h3-4H,2H2,1H3,(H2,10,12). The van der Waals surface area contributed by atoms with E-state index in [1.165, 1.54) is 0 Å². The lowest BCUT2D eigenvalue weighted by molar-refractivity contribution is 1.02. The summed E-state index contributed by atoms with van der Waals surface area (Å²) in [6.45, 7) is 2.06. The third kappa shape index (κ3) is 2.38. The summed E-state index contributed by atoms with van der Waals surface area (Å²) in [5.41, 5.74) is 7.44. The number of aryl methyl sites for hydroxylation is 1.